The highest BCUT2D eigenvalue weighted by atomic mass is 16.3. The number of nitrogens with zero attached hydrogens (tertiary/aromatic N) is 1. The molecule has 1 rings (SSSR count). The molecular formula is C10H17NO3. The number of carbonyl (C=O) groups excluding carboxylic acids is 2. The van der Waals surface area contributed by atoms with Crippen LogP contribution in [0.5, 0.6) is 0 Å². The van der Waals surface area contributed by atoms with E-state index in [-0.39, 0.29) is 24.3 Å². The molecule has 0 bridgehead atoms. The third-order valence-corrected chi connectivity index (χ3v) is 2.19. The molecule has 1 heterocycles. The third kappa shape index (κ3) is 2.80. The first-order chi connectivity index (χ1) is 6.29. The zero-order valence-corrected chi connectivity index (χ0v) is 8.91. The lowest BCUT2D eigenvalue weighted by molar-refractivity contribution is -0.153. The lowest BCUT2D eigenvalue weighted by atomic mass is 9.96. The van der Waals surface area contributed by atoms with E-state index in [2.05, 4.69) is 0 Å². The number of amides is 2. The second-order valence-corrected chi connectivity index (χ2v) is 4.70. The summed E-state index contributed by atoms with van der Waals surface area (Å²) in [6.07, 6.45) is 0.809. The van der Waals surface area contributed by atoms with Crippen molar-refractivity contribution in [3.63, 3.8) is 0 Å². The number of rotatable bonds is 2. The number of hydrogen-bond acceptors (Lipinski definition) is 3. The summed E-state index contributed by atoms with van der Waals surface area (Å²) in [6.45, 7) is 5.16. The van der Waals surface area contributed by atoms with Crippen molar-refractivity contribution in [2.75, 3.05) is 6.54 Å². The molecular weight excluding hydrogens is 182 g/mol. The van der Waals surface area contributed by atoms with E-state index in [9.17, 15) is 14.7 Å². The molecule has 0 atom stereocenters. The van der Waals surface area contributed by atoms with Crippen molar-refractivity contribution in [1.29, 1.82) is 0 Å². The van der Waals surface area contributed by atoms with Gasteiger partial charge in [-0.15, -0.1) is 0 Å². The largest absolute Gasteiger partial charge is 0.389 e. The zero-order valence-electron chi connectivity index (χ0n) is 8.91. The second-order valence-electron chi connectivity index (χ2n) is 4.70. The van der Waals surface area contributed by atoms with Crippen molar-refractivity contribution < 1.29 is 14.7 Å². The van der Waals surface area contributed by atoms with Crippen molar-refractivity contribution in [2.45, 2.75) is 39.2 Å². The number of carbonyl (C=O) groups is 2. The molecule has 4 heteroatoms. The Kier molecular flexibility index (Phi) is 2.95. The lowest BCUT2D eigenvalue weighted by Gasteiger charge is -2.32. The van der Waals surface area contributed by atoms with Gasteiger partial charge in [0.25, 0.3) is 0 Å². The summed E-state index contributed by atoms with van der Waals surface area (Å²) in [5, 5.41) is 9.53. The standard InChI is InChI=1S/C10H17NO3/c1-7-4-8(12)11(9(13)5-7)6-10(2,3)14/h7,14H,4-6H2,1-3H3. The molecule has 1 fully saturated rings. The maximum absolute atomic E-state index is 11.5. The van der Waals surface area contributed by atoms with E-state index in [1.165, 1.54) is 4.90 Å². The summed E-state index contributed by atoms with van der Waals surface area (Å²) in [5.74, 6) is -0.209. The Morgan fingerprint density at radius 2 is 1.79 bits per heavy atom. The molecule has 0 spiro atoms. The number of β-amino-alcohol motifs (C(OH)–C–C–N with tert-alkyl or cyclic N) is 1. The Labute approximate surface area is 83.9 Å². The van der Waals surface area contributed by atoms with E-state index in [0.29, 0.717) is 12.8 Å². The van der Waals surface area contributed by atoms with Crippen LogP contribution in [-0.4, -0.2) is 34.0 Å². The fourth-order valence-electron chi connectivity index (χ4n) is 1.59. The maximum atomic E-state index is 11.5. The van der Waals surface area contributed by atoms with Crippen LogP contribution < -0.4 is 0 Å². The molecule has 0 unspecified atom stereocenters. The molecule has 0 aromatic carbocycles. The van der Waals surface area contributed by atoms with Gasteiger partial charge in [-0.3, -0.25) is 14.5 Å². The smallest absolute Gasteiger partial charge is 0.229 e. The van der Waals surface area contributed by atoms with Gasteiger partial charge in [0, 0.05) is 12.8 Å². The van der Waals surface area contributed by atoms with Gasteiger partial charge in [-0.05, 0) is 19.8 Å². The van der Waals surface area contributed by atoms with E-state index in [0.717, 1.165) is 0 Å². The monoisotopic (exact) mass is 199 g/mol. The predicted octanol–water partition coefficient (Wildman–Crippen LogP) is 0.542. The molecule has 1 saturated heterocycles. The number of hydrogen-bond donors (Lipinski definition) is 1. The summed E-state index contributed by atoms with van der Waals surface area (Å²) in [7, 11) is 0. The van der Waals surface area contributed by atoms with Crippen LogP contribution in [0.1, 0.15) is 33.6 Å². The van der Waals surface area contributed by atoms with Crippen LogP contribution in [0.2, 0.25) is 0 Å². The minimum Gasteiger partial charge on any atom is -0.389 e. The molecule has 1 N–H and O–H groups in total. The van der Waals surface area contributed by atoms with Crippen LogP contribution in [0, 0.1) is 5.92 Å². The first kappa shape index (κ1) is 11.2. The molecule has 0 radical (unpaired) electrons. The number of imide groups is 1. The van der Waals surface area contributed by atoms with Crippen molar-refractivity contribution in [3.05, 3.63) is 0 Å². The molecule has 14 heavy (non-hydrogen) atoms. The van der Waals surface area contributed by atoms with Crippen LogP contribution in [0.3, 0.4) is 0 Å². The quantitative estimate of drug-likeness (QED) is 0.660. The number of aliphatic hydroxyl groups is 1. The van der Waals surface area contributed by atoms with Crippen LogP contribution in [-0.2, 0) is 9.59 Å². The highest BCUT2D eigenvalue weighted by Gasteiger charge is 2.33. The second kappa shape index (κ2) is 3.69. The molecule has 0 aromatic rings. The molecule has 2 amide bonds. The van der Waals surface area contributed by atoms with Gasteiger partial charge in [0.2, 0.25) is 11.8 Å². The average Bonchev–Trinajstić information content (AvgIpc) is 1.95. The number of likely N-dealkylation sites (tertiary alicyclic amines) is 1. The van der Waals surface area contributed by atoms with Gasteiger partial charge in [0.1, 0.15) is 0 Å². The van der Waals surface area contributed by atoms with Crippen LogP contribution in [0.4, 0.5) is 0 Å². The Bertz CT molecular complexity index is 237. The summed E-state index contributed by atoms with van der Waals surface area (Å²) < 4.78 is 0. The van der Waals surface area contributed by atoms with E-state index in [1.807, 2.05) is 6.92 Å². The third-order valence-electron chi connectivity index (χ3n) is 2.19. The zero-order chi connectivity index (χ0) is 10.9. The molecule has 0 aliphatic carbocycles. The normalized spacial score (nSPS) is 20.4. The van der Waals surface area contributed by atoms with E-state index < -0.39 is 5.60 Å². The van der Waals surface area contributed by atoms with Crippen molar-refractivity contribution in [3.8, 4) is 0 Å². The molecule has 80 valence electrons. The van der Waals surface area contributed by atoms with E-state index in [1.54, 1.807) is 13.8 Å². The Morgan fingerprint density at radius 1 is 1.36 bits per heavy atom. The summed E-state index contributed by atoms with van der Waals surface area (Å²) in [4.78, 5) is 24.1. The minimum absolute atomic E-state index is 0.0946. The van der Waals surface area contributed by atoms with E-state index >= 15 is 0 Å². The highest BCUT2D eigenvalue weighted by Crippen LogP contribution is 2.20. The highest BCUT2D eigenvalue weighted by molar-refractivity contribution is 5.97. The van der Waals surface area contributed by atoms with Crippen molar-refractivity contribution in [2.24, 2.45) is 5.92 Å². The Balaban J connectivity index is 2.68. The molecule has 0 saturated carbocycles. The lowest BCUT2D eigenvalue weighted by Crippen LogP contribution is -2.49. The molecule has 0 aromatic heterocycles. The maximum Gasteiger partial charge on any atom is 0.229 e. The van der Waals surface area contributed by atoms with Gasteiger partial charge < -0.3 is 5.11 Å². The van der Waals surface area contributed by atoms with Crippen LogP contribution in [0.15, 0.2) is 0 Å². The Morgan fingerprint density at radius 3 is 2.14 bits per heavy atom. The van der Waals surface area contributed by atoms with Crippen LogP contribution in [0.25, 0.3) is 0 Å². The summed E-state index contributed by atoms with van der Waals surface area (Å²) >= 11 is 0. The SMILES string of the molecule is CC1CC(=O)N(CC(C)(C)O)C(=O)C1. The topological polar surface area (TPSA) is 57.6 Å². The van der Waals surface area contributed by atoms with Gasteiger partial charge in [-0.25, -0.2) is 0 Å². The molecule has 4 nitrogen and oxygen atoms in total. The fourth-order valence-corrected chi connectivity index (χ4v) is 1.59. The first-order valence-corrected chi connectivity index (χ1v) is 4.85. The Hall–Kier alpha value is -0.900. The minimum atomic E-state index is -1.01. The van der Waals surface area contributed by atoms with Crippen molar-refractivity contribution in [1.82, 2.24) is 4.90 Å². The van der Waals surface area contributed by atoms with Gasteiger partial charge in [0.05, 0.1) is 12.1 Å². The van der Waals surface area contributed by atoms with E-state index in [4.69, 9.17) is 0 Å². The van der Waals surface area contributed by atoms with Gasteiger partial charge in [0.15, 0.2) is 0 Å². The summed E-state index contributed by atoms with van der Waals surface area (Å²) in [6, 6.07) is 0. The van der Waals surface area contributed by atoms with Gasteiger partial charge >= 0.3 is 0 Å². The average molecular weight is 199 g/mol. The van der Waals surface area contributed by atoms with Crippen LogP contribution >= 0.6 is 0 Å². The molecule has 1 aliphatic rings. The summed E-state index contributed by atoms with van der Waals surface area (Å²) in [5.41, 5.74) is -1.01. The van der Waals surface area contributed by atoms with Gasteiger partial charge in [-0.2, -0.15) is 0 Å². The molecule has 1 aliphatic heterocycles. The fraction of sp³-hybridized carbons (Fsp3) is 0.800. The number of piperidine rings is 1. The predicted molar refractivity (Wildman–Crippen MR) is 51.4 cm³/mol. The van der Waals surface area contributed by atoms with Crippen molar-refractivity contribution >= 4 is 11.8 Å². The first-order valence-electron chi connectivity index (χ1n) is 4.85. The van der Waals surface area contributed by atoms with Gasteiger partial charge in [-0.1, -0.05) is 6.92 Å².